The van der Waals surface area contributed by atoms with E-state index >= 15 is 0 Å². The zero-order valence-electron chi connectivity index (χ0n) is 13.4. The molecular weight excluding hydrogens is 232 g/mol. The van der Waals surface area contributed by atoms with Gasteiger partial charge in [-0.2, -0.15) is 0 Å². The van der Waals surface area contributed by atoms with E-state index in [9.17, 15) is 0 Å². The monoisotopic (exact) mass is 266 g/mol. The lowest BCUT2D eigenvalue weighted by Gasteiger charge is -2.33. The van der Waals surface area contributed by atoms with Crippen LogP contribution in [-0.4, -0.2) is 29.1 Å². The van der Waals surface area contributed by atoms with E-state index in [0.29, 0.717) is 6.17 Å². The van der Waals surface area contributed by atoms with Crippen molar-refractivity contribution in [3.63, 3.8) is 0 Å². The van der Waals surface area contributed by atoms with Gasteiger partial charge in [0.1, 0.15) is 6.17 Å². The van der Waals surface area contributed by atoms with Crippen molar-refractivity contribution in [2.24, 2.45) is 0 Å². The Morgan fingerprint density at radius 2 is 1.32 bits per heavy atom. The molecule has 0 saturated carbocycles. The van der Waals surface area contributed by atoms with Crippen molar-refractivity contribution in [3.05, 3.63) is 12.4 Å². The molecule has 0 aliphatic carbocycles. The highest BCUT2D eigenvalue weighted by Gasteiger charge is 2.24. The van der Waals surface area contributed by atoms with Gasteiger partial charge in [-0.25, -0.2) is 0 Å². The normalized spacial score (nSPS) is 18.6. The Balaban J connectivity index is 2.36. The first-order valence-electron chi connectivity index (χ1n) is 8.53. The first kappa shape index (κ1) is 16.4. The molecule has 2 heteroatoms. The highest BCUT2D eigenvalue weighted by atomic mass is 15.4. The Morgan fingerprint density at radius 3 is 1.95 bits per heavy atom. The second-order valence-corrected chi connectivity index (χ2v) is 5.81. The molecule has 0 aromatic rings. The molecule has 1 aliphatic heterocycles. The molecule has 0 spiro atoms. The average Bonchev–Trinajstić information content (AvgIpc) is 2.79. The molecule has 1 heterocycles. The topological polar surface area (TPSA) is 6.48 Å². The largest absolute Gasteiger partial charge is 0.356 e. The van der Waals surface area contributed by atoms with Crippen molar-refractivity contribution in [1.82, 2.24) is 9.80 Å². The molecule has 0 saturated heterocycles. The van der Waals surface area contributed by atoms with Gasteiger partial charge in [-0.05, 0) is 25.7 Å². The molecule has 0 N–H and O–H groups in total. The molecule has 1 unspecified atom stereocenters. The van der Waals surface area contributed by atoms with Crippen molar-refractivity contribution in [3.8, 4) is 0 Å². The summed E-state index contributed by atoms with van der Waals surface area (Å²) >= 11 is 0. The molecule has 112 valence electrons. The van der Waals surface area contributed by atoms with Crippen molar-refractivity contribution in [1.29, 1.82) is 0 Å². The predicted molar refractivity (Wildman–Crippen MR) is 84.9 cm³/mol. The smallest absolute Gasteiger partial charge is 0.101 e. The summed E-state index contributed by atoms with van der Waals surface area (Å²) in [5.74, 6) is 0. The Kier molecular flexibility index (Phi) is 8.77. The van der Waals surface area contributed by atoms with Gasteiger partial charge >= 0.3 is 0 Å². The molecule has 0 fully saturated rings. The van der Waals surface area contributed by atoms with E-state index in [2.05, 4.69) is 43.0 Å². The minimum Gasteiger partial charge on any atom is -0.356 e. The van der Waals surface area contributed by atoms with Crippen LogP contribution in [0.2, 0.25) is 0 Å². The quantitative estimate of drug-likeness (QED) is 0.487. The number of unbranched alkanes of at least 4 members (excludes halogenated alkanes) is 5. The van der Waals surface area contributed by atoms with Crippen molar-refractivity contribution < 1.29 is 0 Å². The van der Waals surface area contributed by atoms with Crippen LogP contribution in [0.25, 0.3) is 0 Å². The molecule has 0 aromatic heterocycles. The SMILES string of the molecule is CCCCCCN1C=CN(CCC)C1CCCCC. The molecule has 1 rings (SSSR count). The van der Waals surface area contributed by atoms with Crippen LogP contribution >= 0.6 is 0 Å². The summed E-state index contributed by atoms with van der Waals surface area (Å²) in [6, 6.07) is 0. The summed E-state index contributed by atoms with van der Waals surface area (Å²) in [6.45, 7) is 9.30. The van der Waals surface area contributed by atoms with Gasteiger partial charge in [0.05, 0.1) is 0 Å². The van der Waals surface area contributed by atoms with Crippen molar-refractivity contribution >= 4 is 0 Å². The zero-order valence-corrected chi connectivity index (χ0v) is 13.4. The molecule has 0 amide bonds. The number of hydrogen-bond acceptors (Lipinski definition) is 2. The lowest BCUT2D eigenvalue weighted by atomic mass is 10.1. The Morgan fingerprint density at radius 1 is 0.684 bits per heavy atom. The molecule has 2 nitrogen and oxygen atoms in total. The van der Waals surface area contributed by atoms with Crippen molar-refractivity contribution in [2.45, 2.75) is 84.7 Å². The molecule has 0 radical (unpaired) electrons. The average molecular weight is 266 g/mol. The fourth-order valence-electron chi connectivity index (χ4n) is 2.90. The van der Waals surface area contributed by atoms with E-state index in [4.69, 9.17) is 0 Å². The first-order valence-corrected chi connectivity index (χ1v) is 8.53. The van der Waals surface area contributed by atoms with Crippen LogP contribution in [0.3, 0.4) is 0 Å². The van der Waals surface area contributed by atoms with Gasteiger partial charge in [-0.1, -0.05) is 52.9 Å². The fraction of sp³-hybridized carbons (Fsp3) is 0.882. The van der Waals surface area contributed by atoms with Gasteiger partial charge in [-0.15, -0.1) is 0 Å². The van der Waals surface area contributed by atoms with Crippen molar-refractivity contribution in [2.75, 3.05) is 13.1 Å². The second-order valence-electron chi connectivity index (χ2n) is 5.81. The third-order valence-electron chi connectivity index (χ3n) is 4.03. The first-order chi connectivity index (χ1) is 9.33. The predicted octanol–water partition coefficient (Wildman–Crippen LogP) is 4.97. The van der Waals surface area contributed by atoms with Crippen LogP contribution in [0.4, 0.5) is 0 Å². The molecular formula is C17H34N2. The highest BCUT2D eigenvalue weighted by Crippen LogP contribution is 2.22. The fourth-order valence-corrected chi connectivity index (χ4v) is 2.90. The number of nitrogens with zero attached hydrogens (tertiary/aromatic N) is 2. The molecule has 19 heavy (non-hydrogen) atoms. The highest BCUT2D eigenvalue weighted by molar-refractivity contribution is 4.96. The minimum atomic E-state index is 0.646. The van der Waals surface area contributed by atoms with E-state index in [-0.39, 0.29) is 0 Å². The second kappa shape index (κ2) is 10.2. The summed E-state index contributed by atoms with van der Waals surface area (Å²) in [6.07, 6.45) is 17.4. The van der Waals surface area contributed by atoms with E-state index < -0.39 is 0 Å². The van der Waals surface area contributed by atoms with Gasteiger partial charge in [0.2, 0.25) is 0 Å². The van der Waals surface area contributed by atoms with Gasteiger partial charge in [0, 0.05) is 25.5 Å². The summed E-state index contributed by atoms with van der Waals surface area (Å²) in [5.41, 5.74) is 0. The van der Waals surface area contributed by atoms with Crippen LogP contribution < -0.4 is 0 Å². The Bertz CT molecular complexity index is 237. The minimum absolute atomic E-state index is 0.646. The lowest BCUT2D eigenvalue weighted by Crippen LogP contribution is -2.39. The molecule has 0 bridgehead atoms. The van der Waals surface area contributed by atoms with E-state index in [1.54, 1.807) is 0 Å². The van der Waals surface area contributed by atoms with Crippen LogP contribution in [0.1, 0.15) is 78.6 Å². The van der Waals surface area contributed by atoms with Crippen LogP contribution in [0.5, 0.6) is 0 Å². The molecule has 0 aromatic carbocycles. The van der Waals surface area contributed by atoms with Gasteiger partial charge in [0.25, 0.3) is 0 Å². The Labute approximate surface area is 120 Å². The van der Waals surface area contributed by atoms with E-state index in [1.165, 1.54) is 70.9 Å². The third-order valence-corrected chi connectivity index (χ3v) is 4.03. The maximum Gasteiger partial charge on any atom is 0.101 e. The van der Waals surface area contributed by atoms with Gasteiger partial charge < -0.3 is 9.80 Å². The standard InChI is InChI=1S/C17H34N2/c1-4-7-9-11-14-19-16-15-18(13-6-3)17(19)12-10-8-5-2/h15-17H,4-14H2,1-3H3. The summed E-state index contributed by atoms with van der Waals surface area (Å²) in [7, 11) is 0. The maximum absolute atomic E-state index is 2.58. The summed E-state index contributed by atoms with van der Waals surface area (Å²) < 4.78 is 0. The zero-order chi connectivity index (χ0) is 13.9. The van der Waals surface area contributed by atoms with E-state index in [0.717, 1.165) is 0 Å². The third kappa shape index (κ3) is 5.88. The summed E-state index contributed by atoms with van der Waals surface area (Å²) in [4.78, 5) is 5.14. The van der Waals surface area contributed by atoms with Crippen LogP contribution in [0.15, 0.2) is 12.4 Å². The maximum atomic E-state index is 2.58. The Hall–Kier alpha value is -0.660. The van der Waals surface area contributed by atoms with Crippen LogP contribution in [-0.2, 0) is 0 Å². The number of rotatable bonds is 11. The lowest BCUT2D eigenvalue weighted by molar-refractivity contribution is 0.138. The van der Waals surface area contributed by atoms with E-state index in [1.807, 2.05) is 0 Å². The van der Waals surface area contributed by atoms with Crippen LogP contribution in [0, 0.1) is 0 Å². The molecule has 1 atom stereocenters. The molecule has 1 aliphatic rings. The summed E-state index contributed by atoms with van der Waals surface area (Å²) in [5, 5.41) is 0. The van der Waals surface area contributed by atoms with Gasteiger partial charge in [0.15, 0.2) is 0 Å². The van der Waals surface area contributed by atoms with Gasteiger partial charge in [-0.3, -0.25) is 0 Å². The number of hydrogen-bond donors (Lipinski definition) is 0.